The summed E-state index contributed by atoms with van der Waals surface area (Å²) in [5, 5.41) is 0. The van der Waals surface area contributed by atoms with E-state index in [1.165, 1.54) is 70.6 Å². The summed E-state index contributed by atoms with van der Waals surface area (Å²) in [5.74, 6) is -0.900. The first-order chi connectivity index (χ1) is 25.3. The highest BCUT2D eigenvalue weighted by Crippen LogP contribution is 2.43. The molecule has 0 aliphatic rings. The third kappa shape index (κ3) is 37.7. The second-order valence-corrected chi connectivity index (χ2v) is 14.9. The van der Waals surface area contributed by atoms with Crippen molar-refractivity contribution in [1.82, 2.24) is 0 Å². The van der Waals surface area contributed by atoms with Crippen molar-refractivity contribution in [3.8, 4) is 0 Å². The molecule has 3 N–H and O–H groups in total. The fourth-order valence-electron chi connectivity index (χ4n) is 5.34. The minimum Gasteiger partial charge on any atom is -0.462 e. The molecule has 0 spiro atoms. The van der Waals surface area contributed by atoms with Crippen molar-refractivity contribution in [3.63, 3.8) is 0 Å². The number of rotatable bonds is 38. The van der Waals surface area contributed by atoms with Crippen LogP contribution in [0.2, 0.25) is 0 Å². The summed E-state index contributed by atoms with van der Waals surface area (Å²) in [5.41, 5.74) is 5.33. The molecular weight excluding hydrogens is 677 g/mol. The molecule has 0 bridgehead atoms. The van der Waals surface area contributed by atoms with Crippen LogP contribution in [0.3, 0.4) is 0 Å². The lowest BCUT2D eigenvalue weighted by molar-refractivity contribution is -0.161. The SMILES string of the molecule is CCCC/C=C/C/C=C/CCCCCCCC(=O)OC[C@H](COP(=O)(O)OCCN)OC(=O)CCC/C=C/C/C=C/CCCCCCCCCCC. The molecule has 0 amide bonds. The first-order valence-corrected chi connectivity index (χ1v) is 22.1. The van der Waals surface area contributed by atoms with E-state index in [4.69, 9.17) is 24.3 Å². The van der Waals surface area contributed by atoms with Crippen LogP contribution < -0.4 is 5.73 Å². The molecule has 0 saturated heterocycles. The standard InChI is InChI=1S/C42H76NO8P/c1-3-5-7-9-11-13-15-17-19-20-21-23-25-27-29-31-33-35-42(45)51-40(39-50-52(46,47)49-37-36-43)38-48-41(44)34-32-30-28-26-24-22-18-16-14-12-10-8-6-4-2/h10,12,16,18,21,23,27,29,40H,3-9,11,13-15,17,19-20,22,24-26,28,30-39,43H2,1-2H3,(H,46,47)/b12-10+,18-16+,23-21+,29-27+/t40-/m1/s1. The molecule has 0 aromatic rings. The van der Waals surface area contributed by atoms with Crippen LogP contribution in [0.4, 0.5) is 0 Å². The number of phosphoric acid groups is 1. The van der Waals surface area contributed by atoms with E-state index in [2.05, 4.69) is 62.5 Å². The fourth-order valence-corrected chi connectivity index (χ4v) is 6.10. The number of esters is 2. The van der Waals surface area contributed by atoms with Gasteiger partial charge in [0.1, 0.15) is 6.61 Å². The van der Waals surface area contributed by atoms with E-state index in [-0.39, 0.29) is 32.6 Å². The van der Waals surface area contributed by atoms with Gasteiger partial charge in [-0.3, -0.25) is 18.6 Å². The fraction of sp³-hybridized carbons (Fsp3) is 0.762. The molecule has 0 heterocycles. The molecular formula is C42H76NO8P. The van der Waals surface area contributed by atoms with Gasteiger partial charge in [0.2, 0.25) is 0 Å². The Labute approximate surface area is 317 Å². The maximum Gasteiger partial charge on any atom is 0.472 e. The zero-order valence-corrected chi connectivity index (χ0v) is 33.9. The van der Waals surface area contributed by atoms with Crippen molar-refractivity contribution in [2.75, 3.05) is 26.4 Å². The van der Waals surface area contributed by atoms with Gasteiger partial charge in [-0.25, -0.2) is 4.57 Å². The predicted molar refractivity (Wildman–Crippen MR) is 215 cm³/mol. The lowest BCUT2D eigenvalue weighted by Gasteiger charge is -2.19. The molecule has 0 rings (SSSR count). The highest BCUT2D eigenvalue weighted by atomic mass is 31.2. The van der Waals surface area contributed by atoms with Gasteiger partial charge < -0.3 is 20.1 Å². The van der Waals surface area contributed by atoms with Crippen LogP contribution in [-0.4, -0.2) is 49.3 Å². The van der Waals surface area contributed by atoms with Gasteiger partial charge in [0.05, 0.1) is 13.2 Å². The highest BCUT2D eigenvalue weighted by molar-refractivity contribution is 7.47. The topological polar surface area (TPSA) is 134 Å². The number of nitrogens with two attached hydrogens (primary N) is 1. The summed E-state index contributed by atoms with van der Waals surface area (Å²) < 4.78 is 32.6. The highest BCUT2D eigenvalue weighted by Gasteiger charge is 2.25. The van der Waals surface area contributed by atoms with E-state index >= 15 is 0 Å². The van der Waals surface area contributed by atoms with Crippen molar-refractivity contribution in [1.29, 1.82) is 0 Å². The van der Waals surface area contributed by atoms with Crippen LogP contribution in [0, 0.1) is 0 Å². The normalized spacial score (nSPS) is 13.8. The smallest absolute Gasteiger partial charge is 0.462 e. The van der Waals surface area contributed by atoms with Crippen LogP contribution in [0.15, 0.2) is 48.6 Å². The summed E-state index contributed by atoms with van der Waals surface area (Å²) in [4.78, 5) is 34.8. The molecule has 9 nitrogen and oxygen atoms in total. The molecule has 0 radical (unpaired) electrons. The Balaban J connectivity index is 4.28. The average molecular weight is 754 g/mol. The number of hydrogen-bond acceptors (Lipinski definition) is 8. The van der Waals surface area contributed by atoms with Crippen molar-refractivity contribution in [2.24, 2.45) is 5.73 Å². The summed E-state index contributed by atoms with van der Waals surface area (Å²) in [6.07, 6.45) is 42.9. The Kier molecular flexibility index (Phi) is 37.2. The first kappa shape index (κ1) is 50.0. The zero-order valence-electron chi connectivity index (χ0n) is 33.0. The van der Waals surface area contributed by atoms with Crippen molar-refractivity contribution in [2.45, 2.75) is 180 Å². The molecule has 302 valence electrons. The van der Waals surface area contributed by atoms with Crippen LogP contribution >= 0.6 is 7.82 Å². The third-order valence-electron chi connectivity index (χ3n) is 8.44. The molecule has 0 fully saturated rings. The van der Waals surface area contributed by atoms with Crippen molar-refractivity contribution < 1.29 is 37.6 Å². The van der Waals surface area contributed by atoms with Gasteiger partial charge in [0.25, 0.3) is 0 Å². The van der Waals surface area contributed by atoms with Gasteiger partial charge in [0.15, 0.2) is 6.10 Å². The van der Waals surface area contributed by atoms with Gasteiger partial charge in [0, 0.05) is 19.4 Å². The molecule has 0 aromatic carbocycles. The summed E-state index contributed by atoms with van der Waals surface area (Å²) >= 11 is 0. The number of hydrogen-bond donors (Lipinski definition) is 2. The number of allylic oxidation sites excluding steroid dienone is 8. The average Bonchev–Trinajstić information content (AvgIpc) is 3.13. The Morgan fingerprint density at radius 1 is 0.577 bits per heavy atom. The van der Waals surface area contributed by atoms with E-state index in [1.807, 2.05) is 0 Å². The molecule has 0 aliphatic carbocycles. The van der Waals surface area contributed by atoms with E-state index in [9.17, 15) is 19.0 Å². The van der Waals surface area contributed by atoms with E-state index in [0.29, 0.717) is 12.8 Å². The van der Waals surface area contributed by atoms with Crippen LogP contribution in [0.1, 0.15) is 174 Å². The first-order valence-electron chi connectivity index (χ1n) is 20.6. The summed E-state index contributed by atoms with van der Waals surface area (Å²) in [7, 11) is -4.39. The van der Waals surface area contributed by atoms with Gasteiger partial charge in [-0.2, -0.15) is 0 Å². The van der Waals surface area contributed by atoms with Gasteiger partial charge in [-0.1, -0.05) is 146 Å². The van der Waals surface area contributed by atoms with E-state index in [1.54, 1.807) is 0 Å². The minimum absolute atomic E-state index is 0.0438. The van der Waals surface area contributed by atoms with Gasteiger partial charge in [-0.05, 0) is 64.2 Å². The number of carbonyl (C=O) groups excluding carboxylic acids is 2. The molecule has 52 heavy (non-hydrogen) atoms. The second-order valence-electron chi connectivity index (χ2n) is 13.5. The van der Waals surface area contributed by atoms with Gasteiger partial charge >= 0.3 is 19.8 Å². The Hall–Kier alpha value is -2.03. The maximum atomic E-state index is 12.5. The van der Waals surface area contributed by atoms with E-state index in [0.717, 1.165) is 64.2 Å². The quantitative estimate of drug-likeness (QED) is 0.0273. The van der Waals surface area contributed by atoms with Gasteiger partial charge in [-0.15, -0.1) is 0 Å². The van der Waals surface area contributed by atoms with Crippen molar-refractivity contribution in [3.05, 3.63) is 48.6 Å². The maximum absolute atomic E-state index is 12.5. The number of phosphoric ester groups is 1. The molecule has 0 aliphatic heterocycles. The third-order valence-corrected chi connectivity index (χ3v) is 9.42. The van der Waals surface area contributed by atoms with Crippen LogP contribution in [-0.2, 0) is 32.7 Å². The number of ether oxygens (including phenoxy) is 2. The van der Waals surface area contributed by atoms with Crippen LogP contribution in [0.25, 0.3) is 0 Å². The number of carbonyl (C=O) groups is 2. The summed E-state index contributed by atoms with van der Waals surface area (Å²) in [6, 6.07) is 0. The van der Waals surface area contributed by atoms with Crippen LogP contribution in [0.5, 0.6) is 0 Å². The lowest BCUT2D eigenvalue weighted by Crippen LogP contribution is -2.29. The Morgan fingerprint density at radius 3 is 1.58 bits per heavy atom. The Bertz CT molecular complexity index is 996. The number of unbranched alkanes of at least 4 members (excludes halogenated alkanes) is 17. The molecule has 0 aromatic heterocycles. The minimum atomic E-state index is -4.39. The largest absolute Gasteiger partial charge is 0.472 e. The van der Waals surface area contributed by atoms with E-state index < -0.39 is 32.5 Å². The molecule has 2 atom stereocenters. The molecule has 0 saturated carbocycles. The lowest BCUT2D eigenvalue weighted by atomic mass is 10.1. The zero-order chi connectivity index (χ0) is 38.2. The second kappa shape index (κ2) is 38.7. The Morgan fingerprint density at radius 2 is 1.04 bits per heavy atom. The summed E-state index contributed by atoms with van der Waals surface area (Å²) in [6.45, 7) is 3.62. The van der Waals surface area contributed by atoms with Crippen molar-refractivity contribution >= 4 is 19.8 Å². The molecule has 10 heteroatoms. The predicted octanol–water partition coefficient (Wildman–Crippen LogP) is 11.6. The monoisotopic (exact) mass is 754 g/mol. The molecule has 1 unspecified atom stereocenters.